The number of benzene rings is 1. The molecule has 5 nitrogen and oxygen atoms in total. The third-order valence-corrected chi connectivity index (χ3v) is 5.39. The number of H-pyrrole nitrogens is 1. The van der Waals surface area contributed by atoms with Crippen LogP contribution in [-0.4, -0.2) is 27.3 Å². The van der Waals surface area contributed by atoms with Crippen molar-refractivity contribution >= 4 is 5.91 Å². The van der Waals surface area contributed by atoms with Crippen molar-refractivity contribution in [1.82, 2.24) is 14.9 Å². The van der Waals surface area contributed by atoms with E-state index >= 15 is 0 Å². The summed E-state index contributed by atoms with van der Waals surface area (Å²) in [6, 6.07) is 10.0. The molecule has 1 aromatic carbocycles. The molecule has 1 atom stereocenters. The summed E-state index contributed by atoms with van der Waals surface area (Å²) in [5, 5.41) is 0. The Morgan fingerprint density at radius 3 is 2.74 bits per heavy atom. The number of amides is 1. The molecule has 27 heavy (non-hydrogen) atoms. The van der Waals surface area contributed by atoms with Gasteiger partial charge < -0.3 is 9.88 Å². The lowest BCUT2D eigenvalue weighted by Gasteiger charge is -2.31. The third-order valence-electron chi connectivity index (χ3n) is 5.39. The maximum atomic E-state index is 12.9. The van der Waals surface area contributed by atoms with Crippen LogP contribution in [0.4, 0.5) is 0 Å². The van der Waals surface area contributed by atoms with Gasteiger partial charge in [0.05, 0.1) is 17.8 Å². The molecular weight excluding hydrogens is 338 g/mol. The van der Waals surface area contributed by atoms with E-state index in [1.54, 1.807) is 0 Å². The molecule has 1 N–H and O–H groups in total. The average Bonchev–Trinajstić information content (AvgIpc) is 2.69. The van der Waals surface area contributed by atoms with Gasteiger partial charge in [-0.05, 0) is 18.4 Å². The number of carbonyl (C=O) groups is 1. The van der Waals surface area contributed by atoms with Crippen molar-refractivity contribution in [3.05, 3.63) is 63.3 Å². The number of nitrogens with one attached hydrogen (secondary N) is 1. The van der Waals surface area contributed by atoms with Gasteiger partial charge in [-0.3, -0.25) is 9.59 Å². The first-order chi connectivity index (χ1) is 13.1. The second-order valence-electron chi connectivity index (χ2n) is 7.36. The van der Waals surface area contributed by atoms with Crippen LogP contribution < -0.4 is 5.56 Å². The molecule has 1 aliphatic rings. The average molecular weight is 367 g/mol. The summed E-state index contributed by atoms with van der Waals surface area (Å²) in [4.78, 5) is 34.9. The number of hydrogen-bond acceptors (Lipinski definition) is 3. The molecule has 3 rings (SSSR count). The van der Waals surface area contributed by atoms with Crippen molar-refractivity contribution in [3.63, 3.8) is 0 Å². The van der Waals surface area contributed by atoms with Crippen LogP contribution in [0.15, 0.2) is 35.1 Å². The number of aromatic nitrogens is 2. The molecule has 0 bridgehead atoms. The molecule has 0 saturated carbocycles. The van der Waals surface area contributed by atoms with E-state index in [0.717, 1.165) is 36.9 Å². The predicted molar refractivity (Wildman–Crippen MR) is 107 cm³/mol. The molecule has 0 fully saturated rings. The molecule has 0 radical (unpaired) electrons. The van der Waals surface area contributed by atoms with Crippen LogP contribution in [0.3, 0.4) is 0 Å². The maximum absolute atomic E-state index is 12.9. The fraction of sp³-hybridized carbons (Fsp3) is 0.500. The van der Waals surface area contributed by atoms with E-state index in [4.69, 9.17) is 0 Å². The lowest BCUT2D eigenvalue weighted by atomic mass is 9.96. The second-order valence-corrected chi connectivity index (χ2v) is 7.36. The van der Waals surface area contributed by atoms with E-state index in [-0.39, 0.29) is 17.4 Å². The van der Waals surface area contributed by atoms with Gasteiger partial charge in [0.25, 0.3) is 5.56 Å². The molecule has 1 aliphatic heterocycles. The van der Waals surface area contributed by atoms with Crippen LogP contribution in [0, 0.1) is 5.92 Å². The molecule has 5 heteroatoms. The number of nitrogens with zero attached hydrogens (tertiary/aromatic N) is 2. The summed E-state index contributed by atoms with van der Waals surface area (Å²) in [6.45, 7) is 5.24. The fourth-order valence-electron chi connectivity index (χ4n) is 3.75. The summed E-state index contributed by atoms with van der Waals surface area (Å²) < 4.78 is 0. The van der Waals surface area contributed by atoms with Gasteiger partial charge in [-0.25, -0.2) is 4.98 Å². The number of carbonyl (C=O) groups excluding carboxylic acids is 1. The molecule has 2 aromatic rings. The lowest BCUT2D eigenvalue weighted by molar-refractivity contribution is -0.136. The largest absolute Gasteiger partial charge is 0.337 e. The van der Waals surface area contributed by atoms with Crippen molar-refractivity contribution in [2.24, 2.45) is 5.92 Å². The van der Waals surface area contributed by atoms with Crippen molar-refractivity contribution < 1.29 is 4.79 Å². The van der Waals surface area contributed by atoms with Gasteiger partial charge in [0, 0.05) is 25.3 Å². The Morgan fingerprint density at radius 1 is 1.26 bits per heavy atom. The number of aromatic amines is 1. The van der Waals surface area contributed by atoms with E-state index in [2.05, 4.69) is 23.8 Å². The van der Waals surface area contributed by atoms with Crippen LogP contribution in [0.1, 0.15) is 62.2 Å². The third kappa shape index (κ3) is 4.65. The van der Waals surface area contributed by atoms with Crippen LogP contribution in [0.2, 0.25) is 0 Å². The van der Waals surface area contributed by atoms with E-state index in [1.165, 1.54) is 0 Å². The summed E-state index contributed by atoms with van der Waals surface area (Å²) in [5.74, 6) is 0.944. The first kappa shape index (κ1) is 19.3. The van der Waals surface area contributed by atoms with Crippen LogP contribution in [0.5, 0.6) is 0 Å². The Morgan fingerprint density at radius 2 is 2.04 bits per heavy atom. The molecule has 144 valence electrons. The first-order valence-corrected chi connectivity index (χ1v) is 10.1. The Labute approximate surface area is 160 Å². The van der Waals surface area contributed by atoms with Crippen molar-refractivity contribution in [2.75, 3.05) is 6.54 Å². The van der Waals surface area contributed by atoms with Gasteiger partial charge in [0.15, 0.2) is 0 Å². The van der Waals surface area contributed by atoms with Gasteiger partial charge in [-0.15, -0.1) is 0 Å². The summed E-state index contributed by atoms with van der Waals surface area (Å²) in [7, 11) is 0. The highest BCUT2D eigenvalue weighted by Crippen LogP contribution is 2.21. The zero-order chi connectivity index (χ0) is 19.2. The van der Waals surface area contributed by atoms with E-state index < -0.39 is 0 Å². The normalized spacial score (nSPS) is 14.7. The Bertz CT molecular complexity index is 829. The molecule has 2 heterocycles. The number of hydrogen-bond donors (Lipinski definition) is 1. The summed E-state index contributed by atoms with van der Waals surface area (Å²) in [6.07, 6.45) is 5.21. The van der Waals surface area contributed by atoms with Gasteiger partial charge in [-0.1, -0.05) is 57.0 Å². The predicted octanol–water partition coefficient (Wildman–Crippen LogP) is 3.46. The second kappa shape index (κ2) is 8.98. The van der Waals surface area contributed by atoms with Crippen molar-refractivity contribution in [3.8, 4) is 0 Å². The van der Waals surface area contributed by atoms with Crippen molar-refractivity contribution in [2.45, 2.75) is 58.9 Å². The number of fused-ring (bicyclic) bond motifs is 1. The Kier molecular flexibility index (Phi) is 6.43. The van der Waals surface area contributed by atoms with Crippen LogP contribution in [0.25, 0.3) is 0 Å². The highest BCUT2D eigenvalue weighted by Gasteiger charge is 2.28. The van der Waals surface area contributed by atoms with Crippen LogP contribution >= 0.6 is 0 Å². The molecular formula is C22H29N3O2. The van der Waals surface area contributed by atoms with E-state index in [0.29, 0.717) is 37.3 Å². The summed E-state index contributed by atoms with van der Waals surface area (Å²) in [5.41, 5.74) is 2.51. The zero-order valence-electron chi connectivity index (χ0n) is 16.3. The molecule has 1 amide bonds. The molecule has 0 saturated heterocycles. The van der Waals surface area contributed by atoms with Gasteiger partial charge in [0.1, 0.15) is 5.82 Å². The minimum Gasteiger partial charge on any atom is -0.337 e. The number of unbranched alkanes of at least 4 members (excludes halogenated alkanes) is 1. The number of rotatable bonds is 7. The zero-order valence-corrected chi connectivity index (χ0v) is 16.3. The topological polar surface area (TPSA) is 66.1 Å². The summed E-state index contributed by atoms with van der Waals surface area (Å²) >= 11 is 0. The highest BCUT2D eigenvalue weighted by atomic mass is 16.2. The Balaban J connectivity index is 1.74. The van der Waals surface area contributed by atoms with Crippen LogP contribution in [-0.2, 0) is 24.2 Å². The lowest BCUT2D eigenvalue weighted by Crippen LogP contribution is -2.42. The minimum atomic E-state index is -0.106. The van der Waals surface area contributed by atoms with Gasteiger partial charge in [-0.2, -0.15) is 0 Å². The van der Waals surface area contributed by atoms with Gasteiger partial charge in [0.2, 0.25) is 5.91 Å². The van der Waals surface area contributed by atoms with E-state index in [9.17, 15) is 9.59 Å². The molecule has 0 unspecified atom stereocenters. The maximum Gasteiger partial charge on any atom is 0.256 e. The highest BCUT2D eigenvalue weighted by molar-refractivity contribution is 5.79. The standard InChI is InChI=1S/C22H29N3O2/c1-3-5-11-17(4-2)22(27)25-13-12-19-18(15-25)21(26)24-20(23-19)14-16-9-7-6-8-10-16/h6-10,17H,3-5,11-15H2,1-2H3,(H,23,24,26)/t17-/m1/s1. The fourth-order valence-corrected chi connectivity index (χ4v) is 3.75. The molecule has 0 spiro atoms. The minimum absolute atomic E-state index is 0.0656. The van der Waals surface area contributed by atoms with E-state index in [1.807, 2.05) is 35.2 Å². The monoisotopic (exact) mass is 367 g/mol. The molecule has 0 aliphatic carbocycles. The SMILES string of the molecule is CCCC[C@@H](CC)C(=O)N1CCc2nc(Cc3ccccc3)[nH]c(=O)c2C1. The smallest absolute Gasteiger partial charge is 0.256 e. The first-order valence-electron chi connectivity index (χ1n) is 10.1. The molecule has 1 aromatic heterocycles. The van der Waals surface area contributed by atoms with Gasteiger partial charge >= 0.3 is 0 Å². The Hall–Kier alpha value is -2.43. The quantitative estimate of drug-likeness (QED) is 0.815. The van der Waals surface area contributed by atoms with Crippen molar-refractivity contribution in [1.29, 1.82) is 0 Å².